The van der Waals surface area contributed by atoms with Crippen LogP contribution >= 0.6 is 0 Å². The summed E-state index contributed by atoms with van der Waals surface area (Å²) in [6.45, 7) is 1.96. The van der Waals surface area contributed by atoms with Gasteiger partial charge in [-0.05, 0) is 61.8 Å². The lowest BCUT2D eigenvalue weighted by Gasteiger charge is -2.16. The van der Waals surface area contributed by atoms with E-state index in [0.29, 0.717) is 0 Å². The van der Waals surface area contributed by atoms with Crippen LogP contribution in [0.4, 0.5) is 4.39 Å². The lowest BCUT2D eigenvalue weighted by atomic mass is 10.1. The lowest BCUT2D eigenvalue weighted by Crippen LogP contribution is -2.19. The molecule has 0 saturated heterocycles. The number of aromatic nitrogens is 1. The largest absolute Gasteiger partial charge is 0.302 e. The average molecular weight is 258 g/mol. The van der Waals surface area contributed by atoms with Crippen LogP contribution in [0.25, 0.3) is 0 Å². The number of halogens is 1. The number of aryl methyl sites for hydroxylation is 1. The smallest absolute Gasteiger partial charge is 0.123 e. The Morgan fingerprint density at radius 3 is 2.37 bits per heavy atom. The molecule has 19 heavy (non-hydrogen) atoms. The summed E-state index contributed by atoms with van der Waals surface area (Å²) in [4.78, 5) is 6.30. The molecule has 0 radical (unpaired) electrons. The molecule has 0 spiro atoms. The van der Waals surface area contributed by atoms with Crippen LogP contribution in [0.5, 0.6) is 0 Å². The Labute approximate surface area is 113 Å². The van der Waals surface area contributed by atoms with Crippen LogP contribution < -0.4 is 0 Å². The Kier molecular flexibility index (Phi) is 5.04. The summed E-state index contributed by atoms with van der Waals surface area (Å²) in [7, 11) is 2.12. The second-order valence-electron chi connectivity index (χ2n) is 4.82. The van der Waals surface area contributed by atoms with E-state index in [2.05, 4.69) is 16.9 Å². The van der Waals surface area contributed by atoms with Crippen molar-refractivity contribution in [3.8, 4) is 0 Å². The van der Waals surface area contributed by atoms with E-state index in [-0.39, 0.29) is 5.82 Å². The first-order chi connectivity index (χ1) is 9.24. The van der Waals surface area contributed by atoms with Crippen molar-refractivity contribution in [2.45, 2.75) is 19.4 Å². The summed E-state index contributed by atoms with van der Waals surface area (Å²) >= 11 is 0. The van der Waals surface area contributed by atoms with E-state index >= 15 is 0 Å². The van der Waals surface area contributed by atoms with Crippen LogP contribution in [0.1, 0.15) is 17.5 Å². The number of hydrogen-bond acceptors (Lipinski definition) is 2. The second kappa shape index (κ2) is 7.00. The zero-order chi connectivity index (χ0) is 13.5. The standard InChI is InChI=1S/C16H19FN2/c1-19(13-15-8-10-18-11-9-15)12-2-3-14-4-6-16(17)7-5-14/h4-11H,2-3,12-13H2,1H3. The first kappa shape index (κ1) is 13.7. The van der Waals surface area contributed by atoms with Gasteiger partial charge in [0.25, 0.3) is 0 Å². The van der Waals surface area contributed by atoms with Gasteiger partial charge < -0.3 is 4.90 Å². The summed E-state index contributed by atoms with van der Waals surface area (Å²) in [5.74, 6) is -0.168. The molecule has 0 aliphatic heterocycles. The molecule has 0 saturated carbocycles. The Bertz CT molecular complexity index is 482. The molecule has 1 aromatic heterocycles. The number of nitrogens with zero attached hydrogens (tertiary/aromatic N) is 2. The molecule has 1 heterocycles. The maximum absolute atomic E-state index is 12.8. The molecule has 2 rings (SSSR count). The van der Waals surface area contributed by atoms with Gasteiger partial charge in [-0.3, -0.25) is 4.98 Å². The first-order valence-corrected chi connectivity index (χ1v) is 6.56. The molecule has 2 aromatic rings. The van der Waals surface area contributed by atoms with Gasteiger partial charge in [-0.15, -0.1) is 0 Å². The number of pyridine rings is 1. The SMILES string of the molecule is CN(CCCc1ccc(F)cc1)Cc1ccncc1. The van der Waals surface area contributed by atoms with Crippen LogP contribution in [-0.2, 0) is 13.0 Å². The molecule has 0 bridgehead atoms. The number of benzene rings is 1. The summed E-state index contributed by atoms with van der Waals surface area (Å²) < 4.78 is 12.8. The summed E-state index contributed by atoms with van der Waals surface area (Å²) in [5.41, 5.74) is 2.47. The van der Waals surface area contributed by atoms with Gasteiger partial charge in [0.2, 0.25) is 0 Å². The van der Waals surface area contributed by atoms with E-state index in [4.69, 9.17) is 0 Å². The third-order valence-corrected chi connectivity index (χ3v) is 3.12. The molecule has 1 aromatic carbocycles. The summed E-state index contributed by atoms with van der Waals surface area (Å²) in [6.07, 6.45) is 5.71. The van der Waals surface area contributed by atoms with Crippen molar-refractivity contribution < 1.29 is 4.39 Å². The van der Waals surface area contributed by atoms with Crippen molar-refractivity contribution in [2.75, 3.05) is 13.6 Å². The van der Waals surface area contributed by atoms with Gasteiger partial charge in [-0.2, -0.15) is 0 Å². The molecule has 0 aliphatic carbocycles. The molecule has 0 fully saturated rings. The quantitative estimate of drug-likeness (QED) is 0.790. The summed E-state index contributed by atoms with van der Waals surface area (Å²) in [5, 5.41) is 0. The van der Waals surface area contributed by atoms with Gasteiger partial charge in [0.15, 0.2) is 0 Å². The molecule has 100 valence electrons. The fourth-order valence-electron chi connectivity index (χ4n) is 2.08. The molecule has 2 nitrogen and oxygen atoms in total. The van der Waals surface area contributed by atoms with E-state index in [1.54, 1.807) is 0 Å². The molecule has 0 atom stereocenters. The Hall–Kier alpha value is -1.74. The summed E-state index contributed by atoms with van der Waals surface area (Å²) in [6, 6.07) is 10.8. The van der Waals surface area contributed by atoms with Crippen LogP contribution in [0, 0.1) is 5.82 Å². The Balaban J connectivity index is 1.72. The molecular weight excluding hydrogens is 239 g/mol. The van der Waals surface area contributed by atoms with Crippen molar-refractivity contribution in [2.24, 2.45) is 0 Å². The highest BCUT2D eigenvalue weighted by Crippen LogP contribution is 2.07. The van der Waals surface area contributed by atoms with Gasteiger partial charge in [0.1, 0.15) is 5.82 Å². The zero-order valence-electron chi connectivity index (χ0n) is 11.2. The lowest BCUT2D eigenvalue weighted by molar-refractivity contribution is 0.322. The van der Waals surface area contributed by atoms with Crippen LogP contribution in [0.15, 0.2) is 48.8 Å². The van der Waals surface area contributed by atoms with Crippen molar-refractivity contribution in [3.63, 3.8) is 0 Å². The minimum Gasteiger partial charge on any atom is -0.302 e. The van der Waals surface area contributed by atoms with Crippen LogP contribution in [0.3, 0.4) is 0 Å². The highest BCUT2D eigenvalue weighted by molar-refractivity contribution is 5.16. The number of rotatable bonds is 6. The molecular formula is C16H19FN2. The Morgan fingerprint density at radius 2 is 1.68 bits per heavy atom. The monoisotopic (exact) mass is 258 g/mol. The van der Waals surface area contributed by atoms with Gasteiger partial charge >= 0.3 is 0 Å². The Morgan fingerprint density at radius 1 is 1.00 bits per heavy atom. The van der Waals surface area contributed by atoms with E-state index in [1.807, 2.05) is 36.7 Å². The van der Waals surface area contributed by atoms with Gasteiger partial charge in [0, 0.05) is 18.9 Å². The third-order valence-electron chi connectivity index (χ3n) is 3.12. The van der Waals surface area contributed by atoms with Crippen LogP contribution in [-0.4, -0.2) is 23.5 Å². The first-order valence-electron chi connectivity index (χ1n) is 6.56. The van der Waals surface area contributed by atoms with E-state index in [0.717, 1.165) is 25.9 Å². The molecule has 0 N–H and O–H groups in total. The highest BCUT2D eigenvalue weighted by Gasteiger charge is 2.01. The van der Waals surface area contributed by atoms with Gasteiger partial charge in [-0.25, -0.2) is 4.39 Å². The van der Waals surface area contributed by atoms with Gasteiger partial charge in [0.05, 0.1) is 0 Å². The molecule has 0 amide bonds. The van der Waals surface area contributed by atoms with Crippen molar-refractivity contribution in [3.05, 3.63) is 65.7 Å². The van der Waals surface area contributed by atoms with Crippen LogP contribution in [0.2, 0.25) is 0 Å². The van der Waals surface area contributed by atoms with E-state index in [9.17, 15) is 4.39 Å². The van der Waals surface area contributed by atoms with Crippen molar-refractivity contribution in [1.29, 1.82) is 0 Å². The molecule has 3 heteroatoms. The normalized spacial score (nSPS) is 10.9. The van der Waals surface area contributed by atoms with Gasteiger partial charge in [-0.1, -0.05) is 12.1 Å². The van der Waals surface area contributed by atoms with Crippen molar-refractivity contribution in [1.82, 2.24) is 9.88 Å². The average Bonchev–Trinajstić information content (AvgIpc) is 2.42. The second-order valence-corrected chi connectivity index (χ2v) is 4.82. The minimum atomic E-state index is -0.168. The topological polar surface area (TPSA) is 16.1 Å². The maximum Gasteiger partial charge on any atom is 0.123 e. The maximum atomic E-state index is 12.8. The van der Waals surface area contributed by atoms with Crippen molar-refractivity contribution >= 4 is 0 Å². The minimum absolute atomic E-state index is 0.168. The van der Waals surface area contributed by atoms with E-state index < -0.39 is 0 Å². The predicted molar refractivity (Wildman–Crippen MR) is 75.3 cm³/mol. The highest BCUT2D eigenvalue weighted by atomic mass is 19.1. The van der Waals surface area contributed by atoms with E-state index in [1.165, 1.54) is 23.3 Å². The fraction of sp³-hybridized carbons (Fsp3) is 0.312. The number of hydrogen-bond donors (Lipinski definition) is 0. The third kappa shape index (κ3) is 4.79. The zero-order valence-corrected chi connectivity index (χ0v) is 11.2. The molecule has 0 unspecified atom stereocenters. The molecule has 0 aliphatic rings. The fourth-order valence-corrected chi connectivity index (χ4v) is 2.08. The predicted octanol–water partition coefficient (Wildman–Crippen LogP) is 3.29.